The molecule has 0 aromatic carbocycles. The number of hydrogen-bond acceptors (Lipinski definition) is 5. The molecule has 1 saturated heterocycles. The Bertz CT molecular complexity index is 474. The molecule has 0 spiro atoms. The summed E-state index contributed by atoms with van der Waals surface area (Å²) in [5.41, 5.74) is 1.16. The van der Waals surface area contributed by atoms with Crippen molar-refractivity contribution in [2.45, 2.75) is 46.1 Å². The van der Waals surface area contributed by atoms with Crippen LogP contribution < -0.4 is 10.2 Å². The molecule has 1 aliphatic rings. The van der Waals surface area contributed by atoms with Crippen LogP contribution >= 0.6 is 0 Å². The van der Waals surface area contributed by atoms with Gasteiger partial charge in [0.2, 0.25) is 0 Å². The Morgan fingerprint density at radius 1 is 1.33 bits per heavy atom. The lowest BCUT2D eigenvalue weighted by molar-refractivity contribution is 0.247. The maximum atomic E-state index is 4.79. The van der Waals surface area contributed by atoms with E-state index in [4.69, 9.17) is 4.98 Å². The molecule has 0 saturated carbocycles. The summed E-state index contributed by atoms with van der Waals surface area (Å²) in [6.07, 6.45) is 3.36. The average Bonchev–Trinajstić information content (AvgIpc) is 2.49. The van der Waals surface area contributed by atoms with Crippen LogP contribution in [-0.4, -0.2) is 54.6 Å². The molecule has 118 valence electrons. The minimum Gasteiger partial charge on any atom is -0.370 e. The SMILES string of the molecule is CCNc1nc(CC)nc(N(C)C2CCCN(C)C2)c1C. The number of aromatic nitrogens is 2. The third kappa shape index (κ3) is 3.64. The Hall–Kier alpha value is -1.36. The van der Waals surface area contributed by atoms with Gasteiger partial charge < -0.3 is 15.1 Å². The third-order valence-electron chi connectivity index (χ3n) is 4.31. The summed E-state index contributed by atoms with van der Waals surface area (Å²) < 4.78 is 0. The maximum absolute atomic E-state index is 4.79. The monoisotopic (exact) mass is 291 g/mol. The van der Waals surface area contributed by atoms with Crippen molar-refractivity contribution in [2.24, 2.45) is 0 Å². The second kappa shape index (κ2) is 7.07. The molecule has 0 amide bonds. The molecule has 1 aromatic rings. The number of likely N-dealkylation sites (N-methyl/N-ethyl adjacent to an activating group) is 2. The molecular formula is C16H29N5. The molecule has 1 aliphatic heterocycles. The van der Waals surface area contributed by atoms with Crippen molar-refractivity contribution in [3.05, 3.63) is 11.4 Å². The topological polar surface area (TPSA) is 44.3 Å². The van der Waals surface area contributed by atoms with Crippen LogP contribution in [0.25, 0.3) is 0 Å². The van der Waals surface area contributed by atoms with Crippen LogP contribution in [0, 0.1) is 6.92 Å². The van der Waals surface area contributed by atoms with Crippen LogP contribution in [0.3, 0.4) is 0 Å². The van der Waals surface area contributed by atoms with Crippen LogP contribution in [0.4, 0.5) is 11.6 Å². The van der Waals surface area contributed by atoms with Crippen molar-refractivity contribution in [1.82, 2.24) is 14.9 Å². The second-order valence-corrected chi connectivity index (χ2v) is 5.99. The van der Waals surface area contributed by atoms with Crippen LogP contribution in [0.1, 0.15) is 38.1 Å². The van der Waals surface area contributed by atoms with Gasteiger partial charge >= 0.3 is 0 Å². The highest BCUT2D eigenvalue weighted by Gasteiger charge is 2.24. The number of anilines is 2. The van der Waals surface area contributed by atoms with Gasteiger partial charge in [0, 0.05) is 38.2 Å². The zero-order valence-corrected chi connectivity index (χ0v) is 14.1. The van der Waals surface area contributed by atoms with Crippen LogP contribution in [-0.2, 0) is 6.42 Å². The predicted molar refractivity (Wildman–Crippen MR) is 89.2 cm³/mol. The Kier molecular flexibility index (Phi) is 5.39. The zero-order chi connectivity index (χ0) is 15.4. The molecule has 1 N–H and O–H groups in total. The largest absolute Gasteiger partial charge is 0.370 e. The molecule has 21 heavy (non-hydrogen) atoms. The van der Waals surface area contributed by atoms with Gasteiger partial charge in [0.1, 0.15) is 17.5 Å². The van der Waals surface area contributed by atoms with Gasteiger partial charge in [-0.2, -0.15) is 0 Å². The van der Waals surface area contributed by atoms with Gasteiger partial charge in [-0.1, -0.05) is 6.92 Å². The number of nitrogens with one attached hydrogen (secondary N) is 1. The molecule has 5 heteroatoms. The summed E-state index contributed by atoms with van der Waals surface area (Å²) in [5.74, 6) is 2.98. The second-order valence-electron chi connectivity index (χ2n) is 5.99. The fourth-order valence-corrected chi connectivity index (χ4v) is 3.02. The van der Waals surface area contributed by atoms with Gasteiger partial charge in [-0.15, -0.1) is 0 Å². The van der Waals surface area contributed by atoms with Crippen molar-refractivity contribution in [1.29, 1.82) is 0 Å². The number of hydrogen-bond donors (Lipinski definition) is 1. The van der Waals surface area contributed by atoms with E-state index in [0.717, 1.165) is 42.5 Å². The highest BCUT2D eigenvalue weighted by Crippen LogP contribution is 2.26. The fraction of sp³-hybridized carbons (Fsp3) is 0.750. The van der Waals surface area contributed by atoms with E-state index in [1.165, 1.54) is 19.4 Å². The first-order valence-corrected chi connectivity index (χ1v) is 8.09. The highest BCUT2D eigenvalue weighted by molar-refractivity contribution is 5.58. The summed E-state index contributed by atoms with van der Waals surface area (Å²) >= 11 is 0. The summed E-state index contributed by atoms with van der Waals surface area (Å²) in [5, 5.41) is 3.37. The van der Waals surface area contributed by atoms with Gasteiger partial charge in [-0.3, -0.25) is 0 Å². The average molecular weight is 291 g/mol. The van der Waals surface area contributed by atoms with Gasteiger partial charge in [-0.25, -0.2) is 9.97 Å². The predicted octanol–water partition coefficient (Wildman–Crippen LogP) is 2.31. The lowest BCUT2D eigenvalue weighted by Crippen LogP contribution is -2.45. The molecule has 0 radical (unpaired) electrons. The van der Waals surface area contributed by atoms with E-state index in [1.807, 2.05) is 0 Å². The maximum Gasteiger partial charge on any atom is 0.137 e. The summed E-state index contributed by atoms with van der Waals surface area (Å²) in [6.45, 7) is 9.53. The Labute approximate surface area is 128 Å². The minimum atomic E-state index is 0.538. The molecule has 1 aromatic heterocycles. The van der Waals surface area contributed by atoms with Gasteiger partial charge in [-0.05, 0) is 40.3 Å². The van der Waals surface area contributed by atoms with E-state index in [0.29, 0.717) is 6.04 Å². The van der Waals surface area contributed by atoms with Crippen molar-refractivity contribution in [3.8, 4) is 0 Å². The number of likely N-dealkylation sites (tertiary alicyclic amines) is 1. The molecule has 1 atom stereocenters. The van der Waals surface area contributed by atoms with E-state index in [-0.39, 0.29) is 0 Å². The van der Waals surface area contributed by atoms with Crippen molar-refractivity contribution >= 4 is 11.6 Å². The van der Waals surface area contributed by atoms with E-state index < -0.39 is 0 Å². The van der Waals surface area contributed by atoms with Gasteiger partial charge in [0.05, 0.1) is 0 Å². The Balaban J connectivity index is 2.30. The summed E-state index contributed by atoms with van der Waals surface area (Å²) in [7, 11) is 4.38. The number of rotatable bonds is 5. The number of nitrogens with zero attached hydrogens (tertiary/aromatic N) is 4. The first-order valence-electron chi connectivity index (χ1n) is 8.09. The standard InChI is InChI=1S/C16H29N5/c1-6-14-18-15(17-7-2)12(3)16(19-14)21(5)13-9-8-10-20(4)11-13/h13H,6-11H2,1-5H3,(H,17,18,19). The highest BCUT2D eigenvalue weighted by atomic mass is 15.3. The van der Waals surface area contributed by atoms with Crippen LogP contribution in [0.5, 0.6) is 0 Å². The van der Waals surface area contributed by atoms with Crippen LogP contribution in [0.15, 0.2) is 0 Å². The molecule has 2 heterocycles. The first-order chi connectivity index (χ1) is 10.1. The van der Waals surface area contributed by atoms with E-state index in [2.05, 4.69) is 55.0 Å². The smallest absolute Gasteiger partial charge is 0.137 e. The molecule has 0 aliphatic carbocycles. The third-order valence-corrected chi connectivity index (χ3v) is 4.31. The lowest BCUT2D eigenvalue weighted by Gasteiger charge is -2.37. The van der Waals surface area contributed by atoms with Gasteiger partial charge in [0.25, 0.3) is 0 Å². The molecule has 1 unspecified atom stereocenters. The molecule has 1 fully saturated rings. The van der Waals surface area contributed by atoms with E-state index in [9.17, 15) is 0 Å². The van der Waals surface area contributed by atoms with Crippen LogP contribution in [0.2, 0.25) is 0 Å². The molecular weight excluding hydrogens is 262 g/mol. The number of aryl methyl sites for hydroxylation is 1. The zero-order valence-electron chi connectivity index (χ0n) is 14.1. The van der Waals surface area contributed by atoms with Crippen molar-refractivity contribution in [3.63, 3.8) is 0 Å². The normalized spacial score (nSPS) is 19.6. The molecule has 0 bridgehead atoms. The quantitative estimate of drug-likeness (QED) is 0.902. The molecule has 5 nitrogen and oxygen atoms in total. The van der Waals surface area contributed by atoms with E-state index >= 15 is 0 Å². The van der Waals surface area contributed by atoms with Gasteiger partial charge in [0.15, 0.2) is 0 Å². The fourth-order valence-electron chi connectivity index (χ4n) is 3.02. The van der Waals surface area contributed by atoms with Crippen molar-refractivity contribution < 1.29 is 0 Å². The Morgan fingerprint density at radius 2 is 2.10 bits per heavy atom. The van der Waals surface area contributed by atoms with Crippen molar-refractivity contribution in [2.75, 3.05) is 43.9 Å². The number of piperidine rings is 1. The van der Waals surface area contributed by atoms with E-state index in [1.54, 1.807) is 0 Å². The molecule has 2 rings (SSSR count). The summed E-state index contributed by atoms with van der Waals surface area (Å²) in [6, 6.07) is 0.538. The summed E-state index contributed by atoms with van der Waals surface area (Å²) in [4.78, 5) is 14.2. The first kappa shape index (κ1) is 16.0. The lowest BCUT2D eigenvalue weighted by atomic mass is 10.0. The Morgan fingerprint density at radius 3 is 2.71 bits per heavy atom. The minimum absolute atomic E-state index is 0.538.